The van der Waals surface area contributed by atoms with Crippen molar-refractivity contribution in [1.29, 1.82) is 5.41 Å². The van der Waals surface area contributed by atoms with E-state index in [0.29, 0.717) is 5.56 Å². The molecule has 4 nitrogen and oxygen atoms in total. The van der Waals surface area contributed by atoms with Crippen LogP contribution in [0, 0.1) is 5.41 Å². The molecule has 0 bridgehead atoms. The normalized spacial score (nSPS) is 11.8. The molecule has 2 aromatic heterocycles. The third kappa shape index (κ3) is 3.22. The summed E-state index contributed by atoms with van der Waals surface area (Å²) in [5.74, 6) is 0.0625. The zero-order valence-electron chi connectivity index (χ0n) is 21.0. The van der Waals surface area contributed by atoms with Crippen LogP contribution in [0.1, 0.15) is 5.56 Å². The molecule has 0 radical (unpaired) electrons. The molecule has 0 saturated heterocycles. The number of rotatable bonds is 3. The van der Waals surface area contributed by atoms with Gasteiger partial charge >= 0.3 is 0 Å². The first-order valence-electron chi connectivity index (χ1n) is 13.0. The molecule has 0 unspecified atom stereocenters. The molecule has 3 N–H and O–H groups in total. The first-order chi connectivity index (χ1) is 19.2. The highest BCUT2D eigenvalue weighted by Gasteiger charge is 2.19. The molecule has 184 valence electrons. The van der Waals surface area contributed by atoms with Crippen molar-refractivity contribution in [3.63, 3.8) is 0 Å². The molecule has 2 heterocycles. The van der Waals surface area contributed by atoms with Gasteiger partial charge in [-0.15, -0.1) is 0 Å². The van der Waals surface area contributed by atoms with Gasteiger partial charge in [0.15, 0.2) is 0 Å². The Bertz CT molecular complexity index is 2250. The van der Waals surface area contributed by atoms with Crippen LogP contribution in [-0.4, -0.2) is 10.4 Å². The van der Waals surface area contributed by atoms with Crippen LogP contribution < -0.4 is 5.73 Å². The average molecular weight is 502 g/mol. The van der Waals surface area contributed by atoms with Gasteiger partial charge in [0.05, 0.1) is 22.1 Å². The molecule has 0 aliphatic rings. The van der Waals surface area contributed by atoms with Crippen LogP contribution >= 0.6 is 0 Å². The summed E-state index contributed by atoms with van der Waals surface area (Å²) in [5, 5.41) is 14.8. The van der Waals surface area contributed by atoms with Gasteiger partial charge in [0.25, 0.3) is 0 Å². The third-order valence-electron chi connectivity index (χ3n) is 7.77. The van der Waals surface area contributed by atoms with E-state index in [4.69, 9.17) is 15.6 Å². The Balaban J connectivity index is 1.53. The number of hydrogen-bond acceptors (Lipinski definition) is 2. The van der Waals surface area contributed by atoms with E-state index < -0.39 is 0 Å². The monoisotopic (exact) mass is 501 g/mol. The Labute approximate surface area is 224 Å². The van der Waals surface area contributed by atoms with E-state index in [-0.39, 0.29) is 5.84 Å². The van der Waals surface area contributed by atoms with Gasteiger partial charge in [0, 0.05) is 21.7 Å². The van der Waals surface area contributed by atoms with Crippen LogP contribution in [-0.2, 0) is 0 Å². The van der Waals surface area contributed by atoms with Gasteiger partial charge in [0.2, 0.25) is 0 Å². The van der Waals surface area contributed by atoms with Crippen LogP contribution in [0.15, 0.2) is 126 Å². The summed E-state index contributed by atoms with van der Waals surface area (Å²) in [4.78, 5) is 0. The molecular formula is C35H23N3O. The second kappa shape index (κ2) is 8.07. The fourth-order valence-electron chi connectivity index (χ4n) is 5.93. The Morgan fingerprint density at radius 1 is 0.590 bits per heavy atom. The molecule has 0 aliphatic heterocycles. The number of amidine groups is 1. The van der Waals surface area contributed by atoms with E-state index in [1.807, 2.05) is 36.4 Å². The Kier molecular flexibility index (Phi) is 4.49. The van der Waals surface area contributed by atoms with Crippen LogP contribution in [0.3, 0.4) is 0 Å². The number of hydrogen-bond donors (Lipinski definition) is 2. The van der Waals surface area contributed by atoms with Crippen molar-refractivity contribution in [1.82, 2.24) is 4.57 Å². The molecule has 0 aliphatic carbocycles. The number of para-hydroxylation sites is 2. The fraction of sp³-hybridized carbons (Fsp3) is 0. The number of benzene rings is 6. The lowest BCUT2D eigenvalue weighted by atomic mass is 10.00. The molecule has 8 rings (SSSR count). The molecule has 0 fully saturated rings. The van der Waals surface area contributed by atoms with Gasteiger partial charge in [0.1, 0.15) is 17.0 Å². The van der Waals surface area contributed by atoms with Gasteiger partial charge in [-0.25, -0.2) is 0 Å². The standard InChI is InChI=1S/C35H23N3O/c36-35(37)22-15-13-21(14-16-22)25-19-31(34-27-10-4-6-12-32(27)39-33(34)20-25)38-29-11-5-3-9-26(29)28-17-23-7-1-2-8-24(23)18-30(28)38/h1-20H,(H3,36,37). The minimum atomic E-state index is 0.0625. The summed E-state index contributed by atoms with van der Waals surface area (Å²) in [6.07, 6.45) is 0. The molecule has 6 aromatic carbocycles. The first kappa shape index (κ1) is 21.7. The predicted molar refractivity (Wildman–Crippen MR) is 162 cm³/mol. The van der Waals surface area contributed by atoms with Crippen molar-refractivity contribution in [2.75, 3.05) is 0 Å². The largest absolute Gasteiger partial charge is 0.456 e. The molecule has 0 amide bonds. The van der Waals surface area contributed by atoms with E-state index in [0.717, 1.165) is 49.8 Å². The Morgan fingerprint density at radius 3 is 2.08 bits per heavy atom. The smallest absolute Gasteiger partial charge is 0.138 e. The zero-order valence-corrected chi connectivity index (χ0v) is 21.0. The van der Waals surface area contributed by atoms with Gasteiger partial charge < -0.3 is 14.7 Å². The minimum absolute atomic E-state index is 0.0625. The fourth-order valence-corrected chi connectivity index (χ4v) is 5.93. The minimum Gasteiger partial charge on any atom is -0.456 e. The topological polar surface area (TPSA) is 67.9 Å². The van der Waals surface area contributed by atoms with Gasteiger partial charge in [-0.1, -0.05) is 84.9 Å². The zero-order chi connectivity index (χ0) is 26.1. The Morgan fingerprint density at radius 2 is 1.28 bits per heavy atom. The summed E-state index contributed by atoms with van der Waals surface area (Å²) in [6.45, 7) is 0. The number of aromatic nitrogens is 1. The van der Waals surface area contributed by atoms with Crippen molar-refractivity contribution in [2.24, 2.45) is 5.73 Å². The van der Waals surface area contributed by atoms with Crippen molar-refractivity contribution >= 4 is 60.4 Å². The summed E-state index contributed by atoms with van der Waals surface area (Å²) >= 11 is 0. The molecule has 0 spiro atoms. The number of nitrogens with zero attached hydrogens (tertiary/aromatic N) is 1. The quantitative estimate of drug-likeness (QED) is 0.188. The van der Waals surface area contributed by atoms with Gasteiger partial charge in [-0.3, -0.25) is 5.41 Å². The van der Waals surface area contributed by atoms with E-state index >= 15 is 0 Å². The van der Waals surface area contributed by atoms with Crippen molar-refractivity contribution < 1.29 is 4.42 Å². The molecule has 39 heavy (non-hydrogen) atoms. The highest BCUT2D eigenvalue weighted by molar-refractivity contribution is 6.17. The number of furan rings is 1. The molecular weight excluding hydrogens is 478 g/mol. The maximum Gasteiger partial charge on any atom is 0.138 e. The maximum atomic E-state index is 7.78. The average Bonchev–Trinajstić information content (AvgIpc) is 3.51. The van der Waals surface area contributed by atoms with Gasteiger partial charge in [-0.05, 0) is 58.3 Å². The second-order valence-electron chi connectivity index (χ2n) is 10.0. The van der Waals surface area contributed by atoms with Crippen LogP contribution in [0.2, 0.25) is 0 Å². The second-order valence-corrected chi connectivity index (χ2v) is 10.0. The SMILES string of the molecule is N=C(N)c1ccc(-c2cc(-n3c4ccccc4c4cc5ccccc5cc43)c3c(c2)oc2ccccc23)cc1. The van der Waals surface area contributed by atoms with E-state index in [2.05, 4.69) is 89.5 Å². The maximum absolute atomic E-state index is 7.78. The number of nitrogens with two attached hydrogens (primary N) is 1. The van der Waals surface area contributed by atoms with Gasteiger partial charge in [-0.2, -0.15) is 0 Å². The number of fused-ring (bicyclic) bond motifs is 7. The summed E-state index contributed by atoms with van der Waals surface area (Å²) < 4.78 is 8.83. The van der Waals surface area contributed by atoms with E-state index in [9.17, 15) is 0 Å². The van der Waals surface area contributed by atoms with Crippen molar-refractivity contribution in [3.8, 4) is 16.8 Å². The highest BCUT2D eigenvalue weighted by Crippen LogP contribution is 2.41. The number of nitrogen functional groups attached to an aromatic ring is 1. The molecule has 0 atom stereocenters. The summed E-state index contributed by atoms with van der Waals surface area (Å²) in [6, 6.07) is 42.2. The summed E-state index contributed by atoms with van der Waals surface area (Å²) in [5.41, 5.74) is 13.6. The lowest BCUT2D eigenvalue weighted by molar-refractivity contribution is 0.669. The van der Waals surface area contributed by atoms with Crippen molar-refractivity contribution in [3.05, 3.63) is 127 Å². The molecule has 8 aromatic rings. The van der Waals surface area contributed by atoms with Crippen LogP contribution in [0.5, 0.6) is 0 Å². The lowest BCUT2D eigenvalue weighted by Gasteiger charge is -2.13. The first-order valence-corrected chi connectivity index (χ1v) is 13.0. The molecule has 0 saturated carbocycles. The van der Waals surface area contributed by atoms with Crippen molar-refractivity contribution in [2.45, 2.75) is 0 Å². The van der Waals surface area contributed by atoms with Crippen LogP contribution in [0.25, 0.3) is 71.3 Å². The Hall–Kier alpha value is -5.35. The molecule has 4 heteroatoms. The van der Waals surface area contributed by atoms with E-state index in [1.54, 1.807) is 0 Å². The van der Waals surface area contributed by atoms with E-state index in [1.165, 1.54) is 21.5 Å². The third-order valence-corrected chi connectivity index (χ3v) is 7.77. The lowest BCUT2D eigenvalue weighted by Crippen LogP contribution is -2.10. The van der Waals surface area contributed by atoms with Crippen LogP contribution in [0.4, 0.5) is 0 Å². The summed E-state index contributed by atoms with van der Waals surface area (Å²) in [7, 11) is 0. The highest BCUT2D eigenvalue weighted by atomic mass is 16.3. The predicted octanol–water partition coefficient (Wildman–Crippen LogP) is 8.79. The number of nitrogens with one attached hydrogen (secondary N) is 1.